The van der Waals surface area contributed by atoms with E-state index in [1.54, 1.807) is 17.0 Å². The SMILES string of the molecule is O=C(NC[C@@H]1COc2ccccc2O1)N[C@H]1CC(=O)N(c2ccc(F)cc2)C1. The predicted octanol–water partition coefficient (Wildman–Crippen LogP) is 2.07. The number of para-hydroxylation sites is 2. The number of carbonyl (C=O) groups is 2. The number of nitrogens with one attached hydrogen (secondary N) is 2. The Labute approximate surface area is 161 Å². The third-order valence-electron chi connectivity index (χ3n) is 4.66. The van der Waals surface area contributed by atoms with Crippen LogP contribution in [0.5, 0.6) is 11.5 Å². The highest BCUT2D eigenvalue weighted by Gasteiger charge is 2.31. The van der Waals surface area contributed by atoms with E-state index >= 15 is 0 Å². The summed E-state index contributed by atoms with van der Waals surface area (Å²) in [5.74, 6) is 0.865. The number of ether oxygens (including phenoxy) is 2. The van der Waals surface area contributed by atoms with Crippen LogP contribution < -0.4 is 25.0 Å². The van der Waals surface area contributed by atoms with Crippen molar-refractivity contribution in [3.63, 3.8) is 0 Å². The molecule has 28 heavy (non-hydrogen) atoms. The molecule has 0 aliphatic carbocycles. The van der Waals surface area contributed by atoms with Gasteiger partial charge in [-0.2, -0.15) is 0 Å². The molecular formula is C20H20FN3O4. The fourth-order valence-corrected chi connectivity index (χ4v) is 3.28. The van der Waals surface area contributed by atoms with Gasteiger partial charge in [0.1, 0.15) is 12.4 Å². The Balaban J connectivity index is 1.25. The van der Waals surface area contributed by atoms with Crippen molar-refractivity contribution in [2.45, 2.75) is 18.6 Å². The molecule has 3 amide bonds. The van der Waals surface area contributed by atoms with Crippen molar-refractivity contribution in [1.82, 2.24) is 10.6 Å². The normalized spacial score (nSPS) is 20.8. The quantitative estimate of drug-likeness (QED) is 0.845. The number of hydrogen-bond acceptors (Lipinski definition) is 4. The number of carbonyl (C=O) groups excluding carboxylic acids is 2. The monoisotopic (exact) mass is 385 g/mol. The summed E-state index contributed by atoms with van der Waals surface area (Å²) in [7, 11) is 0. The summed E-state index contributed by atoms with van der Waals surface area (Å²) in [6, 6.07) is 12.4. The molecule has 1 fully saturated rings. The number of halogens is 1. The average Bonchev–Trinajstić information content (AvgIpc) is 3.06. The Hall–Kier alpha value is -3.29. The molecule has 0 unspecified atom stereocenters. The number of fused-ring (bicyclic) bond motifs is 1. The maximum Gasteiger partial charge on any atom is 0.315 e. The summed E-state index contributed by atoms with van der Waals surface area (Å²) in [5.41, 5.74) is 0.613. The van der Waals surface area contributed by atoms with E-state index < -0.39 is 0 Å². The molecule has 7 nitrogen and oxygen atoms in total. The largest absolute Gasteiger partial charge is 0.486 e. The summed E-state index contributed by atoms with van der Waals surface area (Å²) in [6.07, 6.45) is -0.0946. The second-order valence-corrected chi connectivity index (χ2v) is 6.73. The van der Waals surface area contributed by atoms with Crippen molar-refractivity contribution < 1.29 is 23.5 Å². The van der Waals surface area contributed by atoms with Gasteiger partial charge >= 0.3 is 6.03 Å². The highest BCUT2D eigenvalue weighted by molar-refractivity contribution is 5.96. The molecule has 0 bridgehead atoms. The molecule has 0 radical (unpaired) electrons. The van der Waals surface area contributed by atoms with E-state index in [9.17, 15) is 14.0 Å². The molecule has 4 rings (SSSR count). The topological polar surface area (TPSA) is 79.9 Å². The van der Waals surface area contributed by atoms with Gasteiger partial charge in [-0.3, -0.25) is 4.79 Å². The van der Waals surface area contributed by atoms with E-state index in [1.807, 2.05) is 24.3 Å². The zero-order chi connectivity index (χ0) is 19.5. The molecule has 1 saturated heterocycles. The second kappa shape index (κ2) is 7.75. The number of rotatable bonds is 4. The summed E-state index contributed by atoms with van der Waals surface area (Å²) in [6.45, 7) is 0.967. The first-order valence-electron chi connectivity index (χ1n) is 9.07. The van der Waals surface area contributed by atoms with Gasteiger partial charge in [0.2, 0.25) is 5.91 Å². The number of amides is 3. The summed E-state index contributed by atoms with van der Waals surface area (Å²) in [5, 5.41) is 5.55. The van der Waals surface area contributed by atoms with Crippen molar-refractivity contribution in [2.75, 3.05) is 24.6 Å². The van der Waals surface area contributed by atoms with Gasteiger partial charge in [0.25, 0.3) is 0 Å². The molecule has 2 atom stereocenters. The Morgan fingerprint density at radius 3 is 2.68 bits per heavy atom. The number of nitrogens with zero attached hydrogens (tertiary/aromatic N) is 1. The fourth-order valence-electron chi connectivity index (χ4n) is 3.28. The molecule has 0 saturated carbocycles. The van der Waals surface area contributed by atoms with Crippen LogP contribution in [0, 0.1) is 5.82 Å². The van der Waals surface area contributed by atoms with Crippen LogP contribution >= 0.6 is 0 Å². The van der Waals surface area contributed by atoms with Crippen LogP contribution in [0.1, 0.15) is 6.42 Å². The van der Waals surface area contributed by atoms with Gasteiger partial charge in [0.05, 0.1) is 12.6 Å². The van der Waals surface area contributed by atoms with Crippen LogP contribution in [-0.2, 0) is 4.79 Å². The van der Waals surface area contributed by atoms with Gasteiger partial charge in [-0.05, 0) is 36.4 Å². The standard InChI is InChI=1S/C20H20FN3O4/c21-13-5-7-15(8-6-13)24-11-14(9-19(24)25)23-20(26)22-10-16-12-27-17-3-1-2-4-18(17)28-16/h1-8,14,16H,9-12H2,(H2,22,23,26)/t14-,16+/m0/s1. The minimum atomic E-state index is -0.374. The van der Waals surface area contributed by atoms with Gasteiger partial charge in [-0.25, -0.2) is 9.18 Å². The van der Waals surface area contributed by atoms with Crippen LogP contribution in [0.3, 0.4) is 0 Å². The van der Waals surface area contributed by atoms with Crippen molar-refractivity contribution in [2.24, 2.45) is 0 Å². The molecule has 2 aromatic carbocycles. The zero-order valence-corrected chi connectivity index (χ0v) is 15.1. The smallest absolute Gasteiger partial charge is 0.315 e. The van der Waals surface area contributed by atoms with Crippen LogP contribution in [0.25, 0.3) is 0 Å². The van der Waals surface area contributed by atoms with Gasteiger partial charge in [-0.1, -0.05) is 12.1 Å². The number of hydrogen-bond donors (Lipinski definition) is 2. The minimum Gasteiger partial charge on any atom is -0.486 e. The predicted molar refractivity (Wildman–Crippen MR) is 100 cm³/mol. The third-order valence-corrected chi connectivity index (χ3v) is 4.66. The molecule has 146 valence electrons. The molecule has 2 aliphatic rings. The van der Waals surface area contributed by atoms with Crippen LogP contribution in [0.4, 0.5) is 14.9 Å². The fraction of sp³-hybridized carbons (Fsp3) is 0.300. The lowest BCUT2D eigenvalue weighted by Crippen LogP contribution is -2.47. The molecular weight excluding hydrogens is 365 g/mol. The van der Waals surface area contributed by atoms with Crippen LogP contribution in [0.15, 0.2) is 48.5 Å². The average molecular weight is 385 g/mol. The molecule has 2 aliphatic heterocycles. The summed E-state index contributed by atoms with van der Waals surface area (Å²) < 4.78 is 24.5. The van der Waals surface area contributed by atoms with E-state index in [4.69, 9.17) is 9.47 Å². The molecule has 2 N–H and O–H groups in total. The summed E-state index contributed by atoms with van der Waals surface area (Å²) >= 11 is 0. The molecule has 0 spiro atoms. The maximum atomic E-state index is 13.1. The lowest BCUT2D eigenvalue weighted by Gasteiger charge is -2.26. The highest BCUT2D eigenvalue weighted by atomic mass is 19.1. The first-order chi connectivity index (χ1) is 13.6. The van der Waals surface area contributed by atoms with Gasteiger partial charge in [-0.15, -0.1) is 0 Å². The van der Waals surface area contributed by atoms with Crippen molar-refractivity contribution in [3.05, 3.63) is 54.3 Å². The molecule has 8 heteroatoms. The Morgan fingerprint density at radius 2 is 1.89 bits per heavy atom. The molecule has 2 heterocycles. The zero-order valence-electron chi connectivity index (χ0n) is 15.1. The van der Waals surface area contributed by atoms with Crippen LogP contribution in [0.2, 0.25) is 0 Å². The lowest BCUT2D eigenvalue weighted by molar-refractivity contribution is -0.117. The number of benzene rings is 2. The van der Waals surface area contributed by atoms with E-state index in [1.165, 1.54) is 12.1 Å². The minimum absolute atomic E-state index is 0.113. The van der Waals surface area contributed by atoms with Crippen molar-refractivity contribution in [3.8, 4) is 11.5 Å². The van der Waals surface area contributed by atoms with Gasteiger partial charge in [0, 0.05) is 18.7 Å². The van der Waals surface area contributed by atoms with E-state index in [2.05, 4.69) is 10.6 Å². The molecule has 0 aromatic heterocycles. The Kier molecular flexibility index (Phi) is 5.01. The highest BCUT2D eigenvalue weighted by Crippen LogP contribution is 2.30. The van der Waals surface area contributed by atoms with Crippen molar-refractivity contribution >= 4 is 17.6 Å². The number of anilines is 1. The van der Waals surface area contributed by atoms with E-state index in [0.717, 1.165) is 0 Å². The lowest BCUT2D eigenvalue weighted by atomic mass is 10.2. The maximum absolute atomic E-state index is 13.1. The Morgan fingerprint density at radius 1 is 1.14 bits per heavy atom. The van der Waals surface area contributed by atoms with Gasteiger partial charge in [0.15, 0.2) is 17.6 Å². The summed E-state index contributed by atoms with van der Waals surface area (Å²) in [4.78, 5) is 25.9. The van der Waals surface area contributed by atoms with Crippen LogP contribution in [-0.4, -0.2) is 43.8 Å². The van der Waals surface area contributed by atoms with E-state index in [-0.39, 0.29) is 42.9 Å². The molecule has 2 aromatic rings. The third kappa shape index (κ3) is 4.00. The van der Waals surface area contributed by atoms with Crippen molar-refractivity contribution in [1.29, 1.82) is 0 Å². The first-order valence-corrected chi connectivity index (χ1v) is 9.07. The Bertz CT molecular complexity index is 874. The van der Waals surface area contributed by atoms with E-state index in [0.29, 0.717) is 30.3 Å². The van der Waals surface area contributed by atoms with Gasteiger partial charge < -0.3 is 25.0 Å². The second-order valence-electron chi connectivity index (χ2n) is 6.73. The first kappa shape index (κ1) is 18.1. The number of urea groups is 1.